The fourth-order valence-electron chi connectivity index (χ4n) is 4.88. The molecule has 1 aromatic heterocycles. The number of ether oxygens (including phenoxy) is 2. The molecule has 1 atom stereocenters. The lowest BCUT2D eigenvalue weighted by molar-refractivity contribution is -0.274. The van der Waals surface area contributed by atoms with E-state index in [0.29, 0.717) is 35.3 Å². The summed E-state index contributed by atoms with van der Waals surface area (Å²) in [4.78, 5) is 5.97. The predicted molar refractivity (Wildman–Crippen MR) is 123 cm³/mol. The molecule has 198 valence electrons. The van der Waals surface area contributed by atoms with Crippen molar-refractivity contribution in [3.05, 3.63) is 78.1 Å². The second-order valence-corrected chi connectivity index (χ2v) is 9.41. The molecule has 0 amide bonds. The molecule has 1 unspecified atom stereocenters. The Hall–Kier alpha value is -3.31. The lowest BCUT2D eigenvalue weighted by Gasteiger charge is -2.56. The molecule has 1 fully saturated rings. The Bertz CT molecular complexity index is 1240. The first-order valence-corrected chi connectivity index (χ1v) is 11.2. The summed E-state index contributed by atoms with van der Waals surface area (Å²) in [5, 5.41) is 12.2. The Morgan fingerprint density at radius 1 is 0.892 bits per heavy atom. The maximum absolute atomic E-state index is 12.6. The quantitative estimate of drug-likeness (QED) is 0.396. The van der Waals surface area contributed by atoms with Crippen LogP contribution >= 0.6 is 0 Å². The van der Waals surface area contributed by atoms with Gasteiger partial charge in [0.2, 0.25) is 0 Å². The molecule has 1 N–H and O–H groups in total. The van der Waals surface area contributed by atoms with Crippen LogP contribution < -0.4 is 9.47 Å². The van der Waals surface area contributed by atoms with Crippen molar-refractivity contribution in [2.75, 3.05) is 26.7 Å². The Morgan fingerprint density at radius 3 is 2.16 bits per heavy atom. The van der Waals surface area contributed by atoms with Gasteiger partial charge >= 0.3 is 12.5 Å². The number of hydrogen-bond acceptors (Lipinski definition) is 5. The number of likely N-dealkylation sites (tertiary alicyclic amines) is 1. The molecular formula is C26H24F6N2O3. The zero-order valence-electron chi connectivity index (χ0n) is 19.9. The highest BCUT2D eigenvalue weighted by molar-refractivity contribution is 5.65. The summed E-state index contributed by atoms with van der Waals surface area (Å²) in [6.07, 6.45) is -6.72. The summed E-state index contributed by atoms with van der Waals surface area (Å²) in [5.41, 5.74) is -0.433. The maximum atomic E-state index is 12.6. The molecule has 0 spiro atoms. The first-order valence-electron chi connectivity index (χ1n) is 11.2. The molecule has 0 bridgehead atoms. The highest BCUT2D eigenvalue weighted by atomic mass is 19.4. The van der Waals surface area contributed by atoms with Crippen LogP contribution in [-0.4, -0.2) is 54.3 Å². The lowest BCUT2D eigenvalue weighted by Crippen LogP contribution is -2.63. The molecule has 11 heteroatoms. The van der Waals surface area contributed by atoms with Crippen LogP contribution in [0, 0.1) is 5.41 Å². The number of halogens is 6. The topological polar surface area (TPSA) is 54.8 Å². The Morgan fingerprint density at radius 2 is 1.57 bits per heavy atom. The van der Waals surface area contributed by atoms with E-state index in [9.17, 15) is 31.4 Å². The number of aliphatic hydroxyl groups is 1. The Balaban J connectivity index is 1.72. The minimum Gasteiger partial charge on any atom is -0.482 e. The van der Waals surface area contributed by atoms with Crippen molar-refractivity contribution in [3.63, 3.8) is 0 Å². The molecule has 0 radical (unpaired) electrons. The Labute approximate surface area is 209 Å². The van der Waals surface area contributed by atoms with Crippen LogP contribution in [0.4, 0.5) is 26.3 Å². The van der Waals surface area contributed by atoms with Gasteiger partial charge < -0.3 is 19.5 Å². The van der Waals surface area contributed by atoms with Crippen LogP contribution in [0.25, 0.3) is 11.1 Å². The zero-order valence-corrected chi connectivity index (χ0v) is 19.9. The van der Waals surface area contributed by atoms with Gasteiger partial charge in [-0.25, -0.2) is 0 Å². The first-order chi connectivity index (χ1) is 17.2. The van der Waals surface area contributed by atoms with E-state index >= 15 is 0 Å². The number of hydrogen-bond donors (Lipinski definition) is 1. The summed E-state index contributed by atoms with van der Waals surface area (Å²) in [6, 6.07) is 13.3. The summed E-state index contributed by atoms with van der Waals surface area (Å²) in [7, 11) is 1.89. The second kappa shape index (κ2) is 9.53. The lowest BCUT2D eigenvalue weighted by atomic mass is 9.62. The van der Waals surface area contributed by atoms with Crippen molar-refractivity contribution < 1.29 is 40.9 Å². The van der Waals surface area contributed by atoms with E-state index in [1.807, 2.05) is 18.9 Å². The fraction of sp³-hybridized carbons (Fsp3) is 0.346. The molecule has 3 aromatic rings. The summed E-state index contributed by atoms with van der Waals surface area (Å²) >= 11 is 0. The molecule has 1 aliphatic rings. The zero-order chi connectivity index (χ0) is 27.1. The summed E-state index contributed by atoms with van der Waals surface area (Å²) in [6.45, 7) is 1.44. The minimum atomic E-state index is -4.85. The molecule has 1 saturated heterocycles. The molecule has 2 heterocycles. The van der Waals surface area contributed by atoms with Crippen molar-refractivity contribution in [2.45, 2.75) is 25.1 Å². The number of pyridine rings is 1. The van der Waals surface area contributed by atoms with Gasteiger partial charge in [0.1, 0.15) is 17.1 Å². The van der Waals surface area contributed by atoms with Crippen LogP contribution in [0.2, 0.25) is 0 Å². The smallest absolute Gasteiger partial charge is 0.482 e. The second-order valence-electron chi connectivity index (χ2n) is 9.41. The molecule has 1 aliphatic heterocycles. The van der Waals surface area contributed by atoms with Gasteiger partial charge in [-0.3, -0.25) is 4.98 Å². The highest BCUT2D eigenvalue weighted by Gasteiger charge is 2.55. The average Bonchev–Trinajstić information content (AvgIpc) is 2.80. The maximum Gasteiger partial charge on any atom is 0.573 e. The van der Waals surface area contributed by atoms with Gasteiger partial charge in [0.05, 0.1) is 6.20 Å². The Kier molecular flexibility index (Phi) is 6.89. The van der Waals surface area contributed by atoms with Crippen LogP contribution in [0.15, 0.2) is 67.0 Å². The van der Waals surface area contributed by atoms with E-state index in [2.05, 4.69) is 9.72 Å². The third-order valence-electron chi connectivity index (χ3n) is 6.35. The van der Waals surface area contributed by atoms with Gasteiger partial charge in [0, 0.05) is 30.3 Å². The largest absolute Gasteiger partial charge is 0.573 e. The number of benzene rings is 2. The van der Waals surface area contributed by atoms with E-state index in [4.69, 9.17) is 4.74 Å². The molecule has 2 aromatic carbocycles. The molecule has 37 heavy (non-hydrogen) atoms. The number of alkyl halides is 6. The van der Waals surface area contributed by atoms with Crippen molar-refractivity contribution in [2.24, 2.45) is 5.41 Å². The molecule has 0 aliphatic carbocycles. The van der Waals surface area contributed by atoms with Gasteiger partial charge in [-0.15, -0.1) is 13.2 Å². The monoisotopic (exact) mass is 526 g/mol. The third-order valence-corrected chi connectivity index (χ3v) is 6.35. The predicted octanol–water partition coefficient (Wildman–Crippen LogP) is 5.78. The van der Waals surface area contributed by atoms with Crippen LogP contribution in [0.1, 0.15) is 18.1 Å². The van der Waals surface area contributed by atoms with E-state index in [1.165, 1.54) is 30.6 Å². The molecule has 0 saturated carbocycles. The highest BCUT2D eigenvalue weighted by Crippen LogP contribution is 2.50. The minimum absolute atomic E-state index is 0.0664. The van der Waals surface area contributed by atoms with Gasteiger partial charge in [0.15, 0.2) is 6.61 Å². The van der Waals surface area contributed by atoms with Crippen LogP contribution in [-0.2, 0) is 5.60 Å². The molecular weight excluding hydrogens is 502 g/mol. The number of nitrogens with zero attached hydrogens (tertiary/aromatic N) is 2. The normalized spacial score (nSPS) is 17.5. The third kappa shape index (κ3) is 5.83. The molecule has 5 nitrogen and oxygen atoms in total. The average molecular weight is 526 g/mol. The number of aromatic nitrogens is 1. The summed E-state index contributed by atoms with van der Waals surface area (Å²) in [5.74, 6) is -0.478. The SMILES string of the molecule is CN1CC(C)(C(O)(c2ccc(OC(F)(F)F)cc2)c2cccc(-c3cncc(OCC(F)(F)F)c3)c2)C1. The van der Waals surface area contributed by atoms with Gasteiger partial charge in [-0.2, -0.15) is 13.2 Å². The first kappa shape index (κ1) is 26.7. The van der Waals surface area contributed by atoms with Crippen LogP contribution in [0.3, 0.4) is 0 Å². The summed E-state index contributed by atoms with van der Waals surface area (Å²) < 4.78 is 84.3. The molecule has 4 rings (SSSR count). The van der Waals surface area contributed by atoms with Crippen LogP contribution in [0.5, 0.6) is 11.5 Å². The van der Waals surface area contributed by atoms with E-state index in [1.54, 1.807) is 24.3 Å². The van der Waals surface area contributed by atoms with E-state index < -0.39 is 35.9 Å². The van der Waals surface area contributed by atoms with Gasteiger partial charge in [0.25, 0.3) is 0 Å². The van der Waals surface area contributed by atoms with Crippen molar-refractivity contribution in [3.8, 4) is 22.6 Å². The van der Waals surface area contributed by atoms with E-state index in [-0.39, 0.29) is 5.75 Å². The number of rotatable bonds is 7. The van der Waals surface area contributed by atoms with E-state index in [0.717, 1.165) is 12.1 Å². The fourth-order valence-corrected chi connectivity index (χ4v) is 4.88. The van der Waals surface area contributed by atoms with Gasteiger partial charge in [-0.05, 0) is 48.0 Å². The van der Waals surface area contributed by atoms with Gasteiger partial charge in [-0.1, -0.05) is 37.3 Å². The standard InChI is InChI=1S/C26H24F6N2O3/c1-23(14-34(2)15-23)25(35,19-6-8-21(9-7-19)37-26(30,31)32)20-5-3-4-17(10-20)18-11-22(13-33-12-18)36-16-24(27,28)29/h3-13,35H,14-16H2,1-2H3. The van der Waals surface area contributed by atoms with Crippen molar-refractivity contribution >= 4 is 0 Å². The van der Waals surface area contributed by atoms with Crippen molar-refractivity contribution in [1.82, 2.24) is 9.88 Å². The van der Waals surface area contributed by atoms with Crippen molar-refractivity contribution in [1.29, 1.82) is 0 Å².